The fraction of sp³-hybridized carbons (Fsp3) is 0.227. The number of likely N-dealkylation sites (tertiary alicyclic amines) is 1. The van der Waals surface area contributed by atoms with Crippen LogP contribution < -0.4 is 5.32 Å². The van der Waals surface area contributed by atoms with Crippen molar-refractivity contribution in [2.75, 3.05) is 18.4 Å². The number of anilines is 1. The molecule has 1 aliphatic heterocycles. The van der Waals surface area contributed by atoms with Gasteiger partial charge in [0.05, 0.1) is 10.9 Å². The zero-order valence-corrected chi connectivity index (χ0v) is 16.3. The van der Waals surface area contributed by atoms with Crippen molar-refractivity contribution in [3.8, 4) is 11.3 Å². The number of alkyl halides is 3. The molecule has 0 aliphatic carbocycles. The van der Waals surface area contributed by atoms with Crippen molar-refractivity contribution in [1.29, 1.82) is 0 Å². The third kappa shape index (κ3) is 4.08. The van der Waals surface area contributed by atoms with E-state index < -0.39 is 17.6 Å². The molecule has 1 atom stereocenters. The summed E-state index contributed by atoms with van der Waals surface area (Å²) in [4.78, 5) is 13.4. The molecule has 31 heavy (non-hydrogen) atoms. The van der Waals surface area contributed by atoms with Gasteiger partial charge in [-0.1, -0.05) is 30.8 Å². The molecule has 1 amide bonds. The highest BCUT2D eigenvalue weighted by Crippen LogP contribution is 2.34. The number of fused-ring (bicyclic) bond motifs is 1. The molecule has 0 bridgehead atoms. The molecular weight excluding hydrogens is 412 g/mol. The van der Waals surface area contributed by atoms with Crippen molar-refractivity contribution in [3.63, 3.8) is 0 Å². The van der Waals surface area contributed by atoms with Gasteiger partial charge in [-0.25, -0.2) is 4.39 Å². The molecule has 0 spiro atoms. The SMILES string of the molecule is C=CC(=O)N1CCC(Nc2nnc(-c3ccc(C(F)(F)F)cc3)c3cccc(F)c23)C1. The standard InChI is InChI=1S/C22H18F4N4O/c1-2-18(31)30-11-10-15(12-30)27-21-19-16(4-3-5-17(19)23)20(28-29-21)13-6-8-14(9-7-13)22(24,25)26/h2-9,15H,1,10-12H2,(H,27,29). The van der Waals surface area contributed by atoms with Crippen molar-refractivity contribution in [3.05, 3.63) is 66.5 Å². The van der Waals surface area contributed by atoms with Crippen molar-refractivity contribution < 1.29 is 22.4 Å². The minimum absolute atomic E-state index is 0.141. The van der Waals surface area contributed by atoms with Crippen molar-refractivity contribution in [2.24, 2.45) is 0 Å². The summed E-state index contributed by atoms with van der Waals surface area (Å²) >= 11 is 0. The zero-order valence-electron chi connectivity index (χ0n) is 16.3. The average molecular weight is 430 g/mol. The number of hydrogen-bond acceptors (Lipinski definition) is 4. The summed E-state index contributed by atoms with van der Waals surface area (Å²) in [6.45, 7) is 4.44. The highest BCUT2D eigenvalue weighted by molar-refractivity contribution is 6.00. The number of nitrogens with one attached hydrogen (secondary N) is 1. The van der Waals surface area contributed by atoms with Gasteiger partial charge in [-0.05, 0) is 30.7 Å². The summed E-state index contributed by atoms with van der Waals surface area (Å²) in [5.74, 6) is -0.481. The fourth-order valence-corrected chi connectivity index (χ4v) is 3.70. The van der Waals surface area contributed by atoms with Gasteiger partial charge in [-0.3, -0.25) is 4.79 Å². The van der Waals surface area contributed by atoms with Crippen LogP contribution in [-0.2, 0) is 11.0 Å². The number of rotatable bonds is 4. The average Bonchev–Trinajstić information content (AvgIpc) is 3.21. The molecule has 1 unspecified atom stereocenters. The fourth-order valence-electron chi connectivity index (χ4n) is 3.70. The van der Waals surface area contributed by atoms with Crippen LogP contribution in [-0.4, -0.2) is 40.1 Å². The van der Waals surface area contributed by atoms with Gasteiger partial charge < -0.3 is 10.2 Å². The number of hydrogen-bond donors (Lipinski definition) is 1. The van der Waals surface area contributed by atoms with E-state index in [9.17, 15) is 22.4 Å². The number of carbonyl (C=O) groups is 1. The first-order chi connectivity index (χ1) is 14.8. The van der Waals surface area contributed by atoms with E-state index in [1.54, 1.807) is 11.0 Å². The van der Waals surface area contributed by atoms with E-state index >= 15 is 0 Å². The Morgan fingerprint density at radius 2 is 1.90 bits per heavy atom. The molecule has 1 aliphatic rings. The molecule has 3 aromatic rings. The molecule has 1 saturated heterocycles. The van der Waals surface area contributed by atoms with E-state index in [2.05, 4.69) is 22.1 Å². The first-order valence-corrected chi connectivity index (χ1v) is 9.58. The van der Waals surface area contributed by atoms with Gasteiger partial charge in [0, 0.05) is 30.1 Å². The number of benzene rings is 2. The van der Waals surface area contributed by atoms with Crippen LogP contribution in [0.25, 0.3) is 22.0 Å². The lowest BCUT2D eigenvalue weighted by Gasteiger charge is -2.17. The van der Waals surface area contributed by atoms with Crippen LogP contribution in [0.15, 0.2) is 55.1 Å². The predicted molar refractivity (Wildman–Crippen MR) is 109 cm³/mol. The summed E-state index contributed by atoms with van der Waals surface area (Å²) in [7, 11) is 0. The third-order valence-electron chi connectivity index (χ3n) is 5.26. The van der Waals surface area contributed by atoms with Gasteiger partial charge in [-0.15, -0.1) is 10.2 Å². The van der Waals surface area contributed by atoms with Crippen molar-refractivity contribution >= 4 is 22.5 Å². The smallest absolute Gasteiger partial charge is 0.363 e. The molecule has 1 aromatic heterocycles. The maximum absolute atomic E-state index is 14.8. The Kier molecular flexibility index (Phi) is 5.34. The van der Waals surface area contributed by atoms with E-state index in [0.717, 1.165) is 12.1 Å². The number of carbonyl (C=O) groups excluding carboxylic acids is 1. The summed E-state index contributed by atoms with van der Waals surface area (Å²) in [5, 5.41) is 12.1. The molecule has 160 valence electrons. The van der Waals surface area contributed by atoms with Gasteiger partial charge in [0.15, 0.2) is 5.82 Å². The van der Waals surface area contributed by atoms with E-state index in [4.69, 9.17) is 0 Å². The second-order valence-corrected chi connectivity index (χ2v) is 7.25. The molecule has 2 aromatic carbocycles. The maximum Gasteiger partial charge on any atom is 0.416 e. The number of amides is 1. The molecule has 1 N–H and O–H groups in total. The summed E-state index contributed by atoms with van der Waals surface area (Å²) in [5.41, 5.74) is -0.104. The minimum Gasteiger partial charge on any atom is -0.363 e. The highest BCUT2D eigenvalue weighted by Gasteiger charge is 2.30. The van der Waals surface area contributed by atoms with Gasteiger partial charge in [-0.2, -0.15) is 13.2 Å². The van der Waals surface area contributed by atoms with Crippen LogP contribution in [0.5, 0.6) is 0 Å². The minimum atomic E-state index is -4.45. The first kappa shape index (κ1) is 20.8. The Morgan fingerprint density at radius 3 is 2.58 bits per heavy atom. The highest BCUT2D eigenvalue weighted by atomic mass is 19.4. The van der Waals surface area contributed by atoms with Gasteiger partial charge in [0.25, 0.3) is 0 Å². The quantitative estimate of drug-likeness (QED) is 0.484. The second kappa shape index (κ2) is 7.98. The molecule has 9 heteroatoms. The van der Waals surface area contributed by atoms with E-state index in [1.807, 2.05) is 0 Å². The molecule has 4 rings (SSSR count). The van der Waals surface area contributed by atoms with Crippen LogP contribution in [0, 0.1) is 5.82 Å². The number of nitrogens with zero attached hydrogens (tertiary/aromatic N) is 3. The van der Waals surface area contributed by atoms with Crippen LogP contribution >= 0.6 is 0 Å². The Labute approximate surface area is 175 Å². The Bertz CT molecular complexity index is 1140. The van der Waals surface area contributed by atoms with E-state index in [-0.39, 0.29) is 28.8 Å². The molecule has 5 nitrogen and oxygen atoms in total. The summed E-state index contributed by atoms with van der Waals surface area (Å²) in [6.07, 6.45) is -2.55. The lowest BCUT2D eigenvalue weighted by atomic mass is 10.0. The monoisotopic (exact) mass is 430 g/mol. The summed E-state index contributed by atoms with van der Waals surface area (Å²) < 4.78 is 53.3. The van der Waals surface area contributed by atoms with Crippen LogP contribution in [0.4, 0.5) is 23.4 Å². The molecule has 2 heterocycles. The third-order valence-corrected chi connectivity index (χ3v) is 5.26. The summed E-state index contributed by atoms with van der Waals surface area (Å²) in [6, 6.07) is 8.80. The van der Waals surface area contributed by atoms with E-state index in [1.165, 1.54) is 30.3 Å². The lowest BCUT2D eigenvalue weighted by Crippen LogP contribution is -2.30. The van der Waals surface area contributed by atoms with Gasteiger partial charge >= 0.3 is 6.18 Å². The molecule has 0 saturated carbocycles. The Hall–Kier alpha value is -3.49. The number of halogens is 4. The molecular formula is C22H18F4N4O. The van der Waals surface area contributed by atoms with E-state index in [0.29, 0.717) is 30.5 Å². The molecule has 0 radical (unpaired) electrons. The normalized spacial score (nSPS) is 16.5. The van der Waals surface area contributed by atoms with Crippen LogP contribution in [0.2, 0.25) is 0 Å². The maximum atomic E-state index is 14.8. The zero-order chi connectivity index (χ0) is 22.2. The lowest BCUT2D eigenvalue weighted by molar-refractivity contribution is -0.137. The Morgan fingerprint density at radius 1 is 1.16 bits per heavy atom. The topological polar surface area (TPSA) is 58.1 Å². The largest absolute Gasteiger partial charge is 0.416 e. The van der Waals surface area contributed by atoms with Gasteiger partial charge in [0.1, 0.15) is 11.5 Å². The van der Waals surface area contributed by atoms with Gasteiger partial charge in [0.2, 0.25) is 5.91 Å². The first-order valence-electron chi connectivity index (χ1n) is 9.58. The predicted octanol–water partition coefficient (Wildman–Crippen LogP) is 4.65. The number of aromatic nitrogens is 2. The molecule has 1 fully saturated rings. The second-order valence-electron chi connectivity index (χ2n) is 7.25. The van der Waals surface area contributed by atoms with Crippen molar-refractivity contribution in [2.45, 2.75) is 18.6 Å². The van der Waals surface area contributed by atoms with Crippen molar-refractivity contribution in [1.82, 2.24) is 15.1 Å². The Balaban J connectivity index is 1.69. The van der Waals surface area contributed by atoms with Crippen LogP contribution in [0.1, 0.15) is 12.0 Å². The van der Waals surface area contributed by atoms with Crippen LogP contribution in [0.3, 0.4) is 0 Å².